The number of ether oxygens (including phenoxy) is 1. The number of carbonyl (C=O) groups excluding carboxylic acids is 2. The molecule has 6 heteroatoms. The number of allylic oxidation sites excluding steroid dienone is 10. The Bertz CT molecular complexity index is 1130. The summed E-state index contributed by atoms with van der Waals surface area (Å²) in [5.74, 6) is -0.564. The van der Waals surface area contributed by atoms with E-state index in [2.05, 4.69) is 80.8 Å². The van der Waals surface area contributed by atoms with Crippen molar-refractivity contribution in [2.24, 2.45) is 0 Å². The van der Waals surface area contributed by atoms with Crippen LogP contribution in [0.4, 0.5) is 0 Å². The lowest BCUT2D eigenvalue weighted by molar-refractivity contribution is -0.150. The maximum Gasteiger partial charge on any atom is 0.306 e. The maximum absolute atomic E-state index is 13.2. The standard InChI is InChI=1S/C57H103NO5/c1-4-7-10-13-16-19-22-25-28-29-32-35-38-41-44-47-50-57(62)63-53(48-45-42-39-36-33-30-26-23-20-17-14-11-8-5-2)51-56(61)58-54(52-59)55(60)49-46-43-40-37-34-31-27-24-21-18-15-12-9-6-3/h7,10,16,19,25,28,32,35,41,44,53-55,59-60H,4-6,8-9,11-15,17-18,20-24,26-27,29-31,33-34,36-40,42-43,45-52H2,1-3H3,(H,58,61)/b10-7+,19-16+,28-25+,35-32+,44-41+. The Morgan fingerprint density at radius 3 is 1.21 bits per heavy atom. The molecule has 0 saturated carbocycles. The first-order valence-electron chi connectivity index (χ1n) is 27.0. The second kappa shape index (κ2) is 50.6. The molecule has 0 fully saturated rings. The van der Waals surface area contributed by atoms with E-state index in [0.717, 1.165) is 70.6 Å². The molecule has 3 N–H and O–H groups in total. The third-order valence-corrected chi connectivity index (χ3v) is 12.1. The van der Waals surface area contributed by atoms with Crippen LogP contribution < -0.4 is 5.32 Å². The highest BCUT2D eigenvalue weighted by molar-refractivity contribution is 5.77. The zero-order valence-corrected chi connectivity index (χ0v) is 41.7. The Hall–Kier alpha value is -2.44. The zero-order valence-electron chi connectivity index (χ0n) is 41.7. The molecule has 3 unspecified atom stereocenters. The smallest absolute Gasteiger partial charge is 0.306 e. The van der Waals surface area contributed by atoms with Gasteiger partial charge < -0.3 is 20.3 Å². The monoisotopic (exact) mass is 882 g/mol. The lowest BCUT2D eigenvalue weighted by atomic mass is 10.0. The Morgan fingerprint density at radius 1 is 0.476 bits per heavy atom. The molecule has 0 spiro atoms. The molecule has 0 aliphatic rings. The molecule has 6 nitrogen and oxygen atoms in total. The highest BCUT2D eigenvalue weighted by Gasteiger charge is 2.24. The van der Waals surface area contributed by atoms with E-state index in [-0.39, 0.29) is 31.3 Å². The van der Waals surface area contributed by atoms with Gasteiger partial charge in [-0.3, -0.25) is 9.59 Å². The molecule has 0 bridgehead atoms. The average molecular weight is 882 g/mol. The van der Waals surface area contributed by atoms with Crippen molar-refractivity contribution in [3.8, 4) is 0 Å². The number of carbonyl (C=O) groups is 2. The summed E-state index contributed by atoms with van der Waals surface area (Å²) in [6.07, 6.45) is 62.9. The third kappa shape index (κ3) is 45.9. The number of hydrogen-bond donors (Lipinski definition) is 3. The van der Waals surface area contributed by atoms with Crippen molar-refractivity contribution < 1.29 is 24.5 Å². The maximum atomic E-state index is 13.2. The van der Waals surface area contributed by atoms with Crippen LogP contribution in [0.5, 0.6) is 0 Å². The molecule has 0 saturated heterocycles. The predicted octanol–water partition coefficient (Wildman–Crippen LogP) is 16.4. The summed E-state index contributed by atoms with van der Waals surface area (Å²) in [7, 11) is 0. The summed E-state index contributed by atoms with van der Waals surface area (Å²) in [5, 5.41) is 23.8. The van der Waals surface area contributed by atoms with Crippen molar-refractivity contribution in [2.75, 3.05) is 6.61 Å². The first-order chi connectivity index (χ1) is 31.0. The molecule has 1 amide bonds. The molecular weight excluding hydrogens is 779 g/mol. The Morgan fingerprint density at radius 2 is 0.825 bits per heavy atom. The van der Waals surface area contributed by atoms with Gasteiger partial charge in [-0.15, -0.1) is 0 Å². The lowest BCUT2D eigenvalue weighted by Crippen LogP contribution is -2.46. The molecule has 0 aliphatic heterocycles. The summed E-state index contributed by atoms with van der Waals surface area (Å²) in [5.41, 5.74) is 0. The minimum Gasteiger partial charge on any atom is -0.462 e. The first-order valence-corrected chi connectivity index (χ1v) is 27.0. The molecule has 0 aromatic carbocycles. The molecule has 63 heavy (non-hydrogen) atoms. The van der Waals surface area contributed by atoms with Gasteiger partial charge in [0.2, 0.25) is 5.91 Å². The topological polar surface area (TPSA) is 95.9 Å². The molecule has 0 radical (unpaired) electrons. The summed E-state index contributed by atoms with van der Waals surface area (Å²) < 4.78 is 5.90. The summed E-state index contributed by atoms with van der Waals surface area (Å²) >= 11 is 0. The minimum absolute atomic E-state index is 0.0495. The van der Waals surface area contributed by atoms with Gasteiger partial charge in [-0.1, -0.05) is 255 Å². The van der Waals surface area contributed by atoms with Gasteiger partial charge in [-0.05, 0) is 57.8 Å². The molecule has 0 aliphatic carbocycles. The van der Waals surface area contributed by atoms with Crippen molar-refractivity contribution in [1.82, 2.24) is 5.32 Å². The second-order valence-electron chi connectivity index (χ2n) is 18.3. The second-order valence-corrected chi connectivity index (χ2v) is 18.3. The minimum atomic E-state index is -0.799. The van der Waals surface area contributed by atoms with Gasteiger partial charge in [-0.25, -0.2) is 0 Å². The number of hydrogen-bond acceptors (Lipinski definition) is 5. The van der Waals surface area contributed by atoms with Crippen LogP contribution in [-0.2, 0) is 14.3 Å². The number of unbranched alkanes of at least 4 members (excludes halogenated alkanes) is 26. The van der Waals surface area contributed by atoms with Crippen LogP contribution in [0.25, 0.3) is 0 Å². The van der Waals surface area contributed by atoms with E-state index >= 15 is 0 Å². The molecule has 0 rings (SSSR count). The largest absolute Gasteiger partial charge is 0.462 e. The summed E-state index contributed by atoms with van der Waals surface area (Å²) in [6.45, 7) is 6.37. The van der Waals surface area contributed by atoms with E-state index in [1.165, 1.54) is 141 Å². The van der Waals surface area contributed by atoms with E-state index in [4.69, 9.17) is 4.74 Å². The number of nitrogens with one attached hydrogen (secondary N) is 1. The lowest BCUT2D eigenvalue weighted by Gasteiger charge is -2.24. The number of aliphatic hydroxyl groups is 2. The van der Waals surface area contributed by atoms with Crippen LogP contribution in [0.15, 0.2) is 60.8 Å². The van der Waals surface area contributed by atoms with Crippen molar-refractivity contribution in [1.29, 1.82) is 0 Å². The van der Waals surface area contributed by atoms with E-state index in [1.54, 1.807) is 0 Å². The van der Waals surface area contributed by atoms with Crippen LogP contribution in [0.1, 0.15) is 265 Å². The fourth-order valence-corrected chi connectivity index (χ4v) is 8.07. The average Bonchev–Trinajstić information content (AvgIpc) is 3.28. The van der Waals surface area contributed by atoms with E-state index < -0.39 is 18.2 Å². The molecule has 366 valence electrons. The van der Waals surface area contributed by atoms with Crippen LogP contribution in [0.3, 0.4) is 0 Å². The van der Waals surface area contributed by atoms with Crippen LogP contribution in [-0.4, -0.2) is 46.9 Å². The van der Waals surface area contributed by atoms with Gasteiger partial charge >= 0.3 is 5.97 Å². The first kappa shape index (κ1) is 60.6. The van der Waals surface area contributed by atoms with E-state index in [0.29, 0.717) is 19.3 Å². The van der Waals surface area contributed by atoms with Gasteiger partial charge in [0, 0.05) is 6.42 Å². The Labute approximate surface area is 390 Å². The van der Waals surface area contributed by atoms with E-state index in [9.17, 15) is 19.8 Å². The number of amides is 1. The van der Waals surface area contributed by atoms with Gasteiger partial charge in [0.05, 0.1) is 25.2 Å². The van der Waals surface area contributed by atoms with Crippen molar-refractivity contribution in [3.05, 3.63) is 60.8 Å². The SMILES string of the molecule is CC/C=C/C/C=C/C/C=C/C/C=C/C/C=C/CCC(=O)OC(CCCCCCCCCCCCCCCC)CC(=O)NC(CO)C(O)CCCCCCCCCCCCCCCC. The van der Waals surface area contributed by atoms with Crippen molar-refractivity contribution in [2.45, 2.75) is 283 Å². The Balaban J connectivity index is 4.66. The predicted molar refractivity (Wildman–Crippen MR) is 273 cm³/mol. The van der Waals surface area contributed by atoms with Crippen LogP contribution in [0, 0.1) is 0 Å². The quantitative estimate of drug-likeness (QED) is 0.0321. The molecule has 0 aromatic rings. The third-order valence-electron chi connectivity index (χ3n) is 12.1. The van der Waals surface area contributed by atoms with Gasteiger partial charge in [-0.2, -0.15) is 0 Å². The number of esters is 1. The van der Waals surface area contributed by atoms with Gasteiger partial charge in [0.25, 0.3) is 0 Å². The summed E-state index contributed by atoms with van der Waals surface area (Å²) in [4.78, 5) is 26.2. The van der Waals surface area contributed by atoms with Crippen molar-refractivity contribution >= 4 is 11.9 Å². The fourth-order valence-electron chi connectivity index (χ4n) is 8.07. The summed E-state index contributed by atoms with van der Waals surface area (Å²) in [6, 6.07) is -0.716. The van der Waals surface area contributed by atoms with Gasteiger partial charge in [0.15, 0.2) is 0 Å². The highest BCUT2D eigenvalue weighted by atomic mass is 16.5. The van der Waals surface area contributed by atoms with Crippen molar-refractivity contribution in [3.63, 3.8) is 0 Å². The zero-order chi connectivity index (χ0) is 45.9. The molecular formula is C57H103NO5. The number of rotatable bonds is 48. The van der Waals surface area contributed by atoms with Crippen LogP contribution >= 0.6 is 0 Å². The molecule has 3 atom stereocenters. The van der Waals surface area contributed by atoms with E-state index in [1.807, 2.05) is 6.08 Å². The number of aliphatic hydroxyl groups excluding tert-OH is 2. The molecule has 0 aromatic heterocycles. The molecule has 0 heterocycles. The highest BCUT2D eigenvalue weighted by Crippen LogP contribution is 2.18. The van der Waals surface area contributed by atoms with Crippen LogP contribution in [0.2, 0.25) is 0 Å². The van der Waals surface area contributed by atoms with Gasteiger partial charge in [0.1, 0.15) is 6.10 Å². The Kier molecular flexibility index (Phi) is 48.6. The normalized spacial score (nSPS) is 13.7. The fraction of sp³-hybridized carbons (Fsp3) is 0.789.